The third-order valence-electron chi connectivity index (χ3n) is 24.0. The number of benzene rings is 3. The molecule has 3 saturated heterocycles. The van der Waals surface area contributed by atoms with Crippen molar-refractivity contribution in [3.05, 3.63) is 107 Å². The number of piperidine rings is 3. The first-order chi connectivity index (χ1) is 48.3. The smallest absolute Gasteiger partial charge is 0.0941 e. The molecule has 13 heteroatoms. The van der Waals surface area contributed by atoms with Crippen LogP contribution in [0.5, 0.6) is 0 Å². The lowest BCUT2D eigenvalue weighted by atomic mass is 9.74. The van der Waals surface area contributed by atoms with Crippen molar-refractivity contribution in [3.63, 3.8) is 0 Å². The Balaban J connectivity index is 0.000000222. The normalized spacial score (nSPS) is 22.5. The van der Waals surface area contributed by atoms with E-state index < -0.39 is 16.8 Å². The Hall–Kier alpha value is -2.59. The van der Waals surface area contributed by atoms with Gasteiger partial charge in [-0.25, -0.2) is 0 Å². The molecule has 3 aromatic carbocycles. The van der Waals surface area contributed by atoms with Crippen LogP contribution in [0.1, 0.15) is 281 Å². The van der Waals surface area contributed by atoms with Gasteiger partial charge in [0.15, 0.2) is 0 Å². The summed E-state index contributed by atoms with van der Waals surface area (Å²) in [5.41, 5.74) is 6.97. The average Bonchev–Trinajstić information content (AvgIpc) is 0.805. The molecule has 100 heavy (non-hydrogen) atoms. The summed E-state index contributed by atoms with van der Waals surface area (Å²) in [4.78, 5) is 11.7. The van der Waals surface area contributed by atoms with Gasteiger partial charge < -0.3 is 51.3 Å². The lowest BCUT2D eigenvalue weighted by molar-refractivity contribution is -0.0535. The predicted molar refractivity (Wildman–Crippen MR) is 437 cm³/mol. The number of unbranched alkanes of at least 4 members (excludes halogenated alkanes) is 6. The molecule has 6 aliphatic rings. The summed E-state index contributed by atoms with van der Waals surface area (Å²) in [5, 5.41) is 43.0. The van der Waals surface area contributed by atoms with Gasteiger partial charge >= 0.3 is 0 Å². The van der Waals surface area contributed by atoms with Crippen molar-refractivity contribution >= 4 is 46.0 Å². The molecule has 0 unspecified atom stereocenters. The van der Waals surface area contributed by atoms with Crippen LogP contribution in [0.3, 0.4) is 0 Å². The minimum atomic E-state index is -0.754. The van der Waals surface area contributed by atoms with Crippen LogP contribution in [0.25, 0.3) is 0 Å². The fourth-order valence-electron chi connectivity index (χ4n) is 18.5. The Morgan fingerprint density at radius 3 is 1.34 bits per heavy atom. The predicted octanol–water partition coefficient (Wildman–Crippen LogP) is 19.7. The highest BCUT2D eigenvalue weighted by molar-refractivity contribution is 7.80. The standard InChI is InChI=1S/C30H50N2OS.C29H48N2OS.C17H26ClNO.C11H24N2/c1-4-5-12-19-30(33,27-16-10-7-11-17-27)28-18-13-20-32(24-28)29(34)22-26(23-31(2)3)21-25-14-8-6-9-15-25;1-3-4-11-18-29(32,26-15-9-6-10-16-26)27-17-12-19-31(23-27)28(33)21-25(22-30-2)20-24-13-7-5-8-14-24;1-2-3-4-10-17(20,15-8-6-11-19-13-15)14-7-5-9-16(18)12-14;1-13(2)9-11(12)8-10-6-4-3-5-7-10/h7,10-11,16-17,25-26,28,33H,4-6,8-9,12-15,18-24H2,1-3H3;6,9-10,15-16,24-25,27,30,32H,3-5,7-8,11-14,17-23H2,1-2H3;5,7,9,12,15,19-20H,2-4,6,8,10-11,13H2,1H3;10-11H,3-9,12H2,1-2H3/t26-,28-,30-;25-,27-,29-;15-,17-;11-/m1110/s1. The molecule has 0 spiro atoms. The van der Waals surface area contributed by atoms with Crippen molar-refractivity contribution in [1.82, 2.24) is 30.2 Å². The summed E-state index contributed by atoms with van der Waals surface area (Å²) >= 11 is 18.3. The van der Waals surface area contributed by atoms with Crippen LogP contribution in [0.4, 0.5) is 0 Å². The molecule has 3 aliphatic carbocycles. The van der Waals surface area contributed by atoms with Crippen LogP contribution in [-0.4, -0.2) is 145 Å². The fourth-order valence-corrected chi connectivity index (χ4v) is 19.5. The summed E-state index contributed by atoms with van der Waals surface area (Å²) in [6.45, 7) is 15.7. The Labute approximate surface area is 629 Å². The second-order valence-electron chi connectivity index (χ2n) is 33.0. The second-order valence-corrected chi connectivity index (χ2v) is 34.4. The number of likely N-dealkylation sites (tertiary alicyclic amines) is 2. The maximum Gasteiger partial charge on any atom is 0.0941 e. The molecule has 0 radical (unpaired) electrons. The maximum atomic E-state index is 12.1. The molecule has 568 valence electrons. The van der Waals surface area contributed by atoms with Crippen LogP contribution < -0.4 is 16.4 Å². The van der Waals surface area contributed by atoms with Crippen molar-refractivity contribution in [1.29, 1.82) is 0 Å². The van der Waals surface area contributed by atoms with Gasteiger partial charge in [0.2, 0.25) is 0 Å². The Kier molecular flexibility index (Phi) is 41.3. The third-order valence-corrected chi connectivity index (χ3v) is 25.1. The zero-order chi connectivity index (χ0) is 72.0. The Morgan fingerprint density at radius 2 is 0.930 bits per heavy atom. The van der Waals surface area contributed by atoms with E-state index in [9.17, 15) is 15.3 Å². The van der Waals surface area contributed by atoms with E-state index in [4.69, 9.17) is 41.8 Å². The quantitative estimate of drug-likeness (QED) is 0.0252. The molecular weight excluding hydrogens is 1290 g/mol. The monoisotopic (exact) mass is 1440 g/mol. The van der Waals surface area contributed by atoms with Gasteiger partial charge in [0.1, 0.15) is 0 Å². The molecule has 3 saturated carbocycles. The first-order valence-electron chi connectivity index (χ1n) is 41.3. The number of thiocarbonyl (C=S) groups is 2. The molecule has 9 atom stereocenters. The summed E-state index contributed by atoms with van der Waals surface area (Å²) in [6.07, 6.45) is 46.6. The summed E-state index contributed by atoms with van der Waals surface area (Å²) in [5.74, 6) is 4.73. The lowest BCUT2D eigenvalue weighted by Crippen LogP contribution is -2.48. The Morgan fingerprint density at radius 1 is 0.520 bits per heavy atom. The number of rotatable bonds is 34. The number of aliphatic hydroxyl groups is 3. The SMILES string of the molecule is CCCCC[C@@](O)(c1cccc(Cl)c1)[C@@H]1CCCNC1.CCCCC[C@@](O)(c1ccccc1)[C@@H]1CCCN(C(=S)C[C@@H](CC2CCCCC2)CN(C)C)C1.CCCCC[C@@](O)(c1ccccc1)[C@@H]1CCCN(C(=S)C[C@H](CNC)CC2CCCCC2)C1.CN(C)C[C@@H](N)CC1CCCCC1. The molecule has 0 bridgehead atoms. The molecule has 3 heterocycles. The number of nitrogens with two attached hydrogens (primary N) is 1. The van der Waals surface area contributed by atoms with Crippen LogP contribution in [0.2, 0.25) is 5.02 Å². The van der Waals surface area contributed by atoms with Gasteiger partial charge in [-0.2, -0.15) is 0 Å². The highest BCUT2D eigenvalue weighted by Gasteiger charge is 2.43. The van der Waals surface area contributed by atoms with Gasteiger partial charge in [0.05, 0.1) is 26.8 Å². The molecule has 3 aliphatic heterocycles. The molecule has 0 amide bonds. The van der Waals surface area contributed by atoms with Crippen LogP contribution in [-0.2, 0) is 16.8 Å². The number of likely N-dealkylation sites (N-methyl/N-ethyl adjacent to an activating group) is 1. The van der Waals surface area contributed by atoms with Gasteiger partial charge in [-0.3, -0.25) is 0 Å². The fraction of sp³-hybridized carbons (Fsp3) is 0.770. The van der Waals surface area contributed by atoms with Gasteiger partial charge in [0.25, 0.3) is 0 Å². The van der Waals surface area contributed by atoms with Crippen molar-refractivity contribution in [2.45, 2.75) is 288 Å². The highest BCUT2D eigenvalue weighted by atomic mass is 35.5. The largest absolute Gasteiger partial charge is 0.385 e. The Bertz CT molecular complexity index is 2620. The van der Waals surface area contributed by atoms with E-state index in [1.807, 2.05) is 30.3 Å². The zero-order valence-corrected chi connectivity index (χ0v) is 67.3. The second kappa shape index (κ2) is 47.9. The first-order valence-corrected chi connectivity index (χ1v) is 42.5. The summed E-state index contributed by atoms with van der Waals surface area (Å²) < 4.78 is 0. The number of nitrogens with zero attached hydrogens (tertiary/aromatic N) is 4. The summed E-state index contributed by atoms with van der Waals surface area (Å²) in [7, 11) is 10.7. The van der Waals surface area contributed by atoms with E-state index >= 15 is 0 Å². The van der Waals surface area contributed by atoms with Gasteiger partial charge in [-0.15, -0.1) is 0 Å². The maximum absolute atomic E-state index is 12.1. The minimum absolute atomic E-state index is 0.240. The van der Waals surface area contributed by atoms with Crippen molar-refractivity contribution in [2.75, 3.05) is 94.1 Å². The van der Waals surface area contributed by atoms with Crippen LogP contribution in [0.15, 0.2) is 84.9 Å². The van der Waals surface area contributed by atoms with E-state index in [1.165, 1.54) is 154 Å². The minimum Gasteiger partial charge on any atom is -0.385 e. The van der Waals surface area contributed by atoms with Crippen molar-refractivity contribution in [3.8, 4) is 0 Å². The molecule has 9 rings (SSSR count). The molecule has 10 nitrogen and oxygen atoms in total. The third kappa shape index (κ3) is 30.0. The average molecular weight is 1440 g/mol. The number of nitrogens with one attached hydrogen (secondary N) is 2. The lowest BCUT2D eigenvalue weighted by Gasteiger charge is -2.44. The van der Waals surface area contributed by atoms with Crippen molar-refractivity contribution < 1.29 is 15.3 Å². The van der Waals surface area contributed by atoms with E-state index in [2.05, 4.69) is 141 Å². The topological polar surface area (TPSA) is 124 Å². The number of hydrogen-bond donors (Lipinski definition) is 6. The molecule has 7 N–H and O–H groups in total. The summed E-state index contributed by atoms with van der Waals surface area (Å²) in [6, 6.07) is 29.0. The van der Waals surface area contributed by atoms with E-state index in [1.54, 1.807) is 0 Å². The van der Waals surface area contributed by atoms with E-state index in [0.29, 0.717) is 22.9 Å². The van der Waals surface area contributed by atoms with Gasteiger partial charge in [0, 0.05) is 87.5 Å². The number of hydrogen-bond acceptors (Lipinski definition) is 10. The van der Waals surface area contributed by atoms with E-state index in [0.717, 1.165) is 193 Å². The molecular formula is C87H148ClN7O3S2. The van der Waals surface area contributed by atoms with Crippen LogP contribution >= 0.6 is 36.0 Å². The number of halogens is 1. The van der Waals surface area contributed by atoms with Gasteiger partial charge in [-0.05, 0) is 184 Å². The highest BCUT2D eigenvalue weighted by Crippen LogP contribution is 2.44. The molecule has 3 aromatic rings. The zero-order valence-electron chi connectivity index (χ0n) is 64.9. The van der Waals surface area contributed by atoms with Crippen LogP contribution in [0, 0.1) is 47.3 Å². The first kappa shape index (κ1) is 86.3. The molecule has 6 fully saturated rings. The van der Waals surface area contributed by atoms with Gasteiger partial charge in [-0.1, -0.05) is 284 Å². The molecule has 0 aromatic heterocycles. The van der Waals surface area contributed by atoms with Crippen molar-refractivity contribution in [2.24, 2.45) is 53.1 Å². The van der Waals surface area contributed by atoms with E-state index in [-0.39, 0.29) is 17.8 Å².